The number of imidazole rings is 1. The third-order valence-corrected chi connectivity index (χ3v) is 24.2. The van der Waals surface area contributed by atoms with Gasteiger partial charge in [0.1, 0.15) is 65.5 Å². The maximum atomic E-state index is 16.1. The number of carbonyl (C=O) groups excluding carboxylic acids is 9. The molecule has 13 atom stereocenters. The molecule has 7 heterocycles. The fourth-order valence-electron chi connectivity index (χ4n) is 16.3. The molecule has 1 saturated carbocycles. The second-order valence-electron chi connectivity index (χ2n) is 29.8. The van der Waals surface area contributed by atoms with Gasteiger partial charge in [0.2, 0.25) is 53.2 Å². The summed E-state index contributed by atoms with van der Waals surface area (Å²) in [5.74, 6) is -7.80. The second-order valence-corrected chi connectivity index (χ2v) is 32.0. The average molecular weight is 1540 g/mol. The zero-order valence-corrected chi connectivity index (χ0v) is 63.3. The molecule has 586 valence electrons. The number of halogens is 2. The lowest BCUT2D eigenvalue weighted by molar-refractivity contribution is -0.146. The number of nitrogens with two attached hydrogens (primary N) is 1. The number of thioether (sulfide) groups is 2. The van der Waals surface area contributed by atoms with E-state index in [1.54, 1.807) is 55.0 Å². The highest BCUT2D eigenvalue weighted by atomic mass is 32.2. The van der Waals surface area contributed by atoms with Gasteiger partial charge in [-0.05, 0) is 174 Å². The van der Waals surface area contributed by atoms with E-state index in [-0.39, 0.29) is 63.5 Å². The van der Waals surface area contributed by atoms with Crippen molar-refractivity contribution in [3.05, 3.63) is 132 Å². The molecule has 0 spiro atoms. The number of alkyl halides is 1. The lowest BCUT2D eigenvalue weighted by Gasteiger charge is -2.47. The van der Waals surface area contributed by atoms with Gasteiger partial charge in [0.25, 0.3) is 0 Å². The summed E-state index contributed by atoms with van der Waals surface area (Å²) in [7, 11) is 0. The largest absolute Gasteiger partial charge is 0.481 e. The molecule has 9 amide bonds. The van der Waals surface area contributed by atoms with Crippen LogP contribution in [0.1, 0.15) is 145 Å². The highest BCUT2D eigenvalue weighted by Gasteiger charge is 2.55. The van der Waals surface area contributed by atoms with E-state index in [4.69, 9.17) is 5.73 Å². The van der Waals surface area contributed by atoms with Crippen LogP contribution >= 0.6 is 23.5 Å². The Balaban J connectivity index is 0.932. The molecule has 0 radical (unpaired) electrons. The number of aromatic nitrogens is 5. The predicted molar refractivity (Wildman–Crippen MR) is 411 cm³/mol. The molecule has 11 rings (SSSR count). The van der Waals surface area contributed by atoms with Gasteiger partial charge in [0.05, 0.1) is 12.7 Å². The molecule has 4 aromatic heterocycles. The van der Waals surface area contributed by atoms with E-state index in [0.29, 0.717) is 113 Å². The molecular weight excluding hydrogens is 1440 g/mol. The number of unbranched alkanes of at least 4 members (excludes halogenated alkanes) is 1. The minimum Gasteiger partial charge on any atom is -0.481 e. The molecule has 2 aromatic carbocycles. The van der Waals surface area contributed by atoms with Crippen LogP contribution in [0.4, 0.5) is 8.78 Å². The van der Waals surface area contributed by atoms with E-state index < -0.39 is 143 Å². The van der Waals surface area contributed by atoms with Crippen LogP contribution in [-0.2, 0) is 78.7 Å². The molecule has 109 heavy (non-hydrogen) atoms. The number of allylic oxidation sites excluding steroid dienone is 1. The van der Waals surface area contributed by atoms with Crippen molar-refractivity contribution >= 4 is 105 Å². The maximum absolute atomic E-state index is 16.1. The second kappa shape index (κ2) is 38.0. The molecule has 2 bridgehead atoms. The molecule has 2 aliphatic carbocycles. The molecule has 31 heteroatoms. The van der Waals surface area contributed by atoms with Crippen LogP contribution < -0.4 is 53.6 Å². The van der Waals surface area contributed by atoms with Gasteiger partial charge in [-0.2, -0.15) is 23.5 Å². The number of hydrogen-bond donors (Lipinski definition) is 14. The molecule has 6 aromatic rings. The van der Waals surface area contributed by atoms with E-state index >= 15 is 32.8 Å². The first kappa shape index (κ1) is 80.8. The van der Waals surface area contributed by atoms with Crippen LogP contribution in [0.15, 0.2) is 97.9 Å². The van der Waals surface area contributed by atoms with Gasteiger partial charge in [-0.3, -0.25) is 47.9 Å². The lowest BCUT2D eigenvalue weighted by atomic mass is 9.62. The van der Waals surface area contributed by atoms with Crippen molar-refractivity contribution in [2.45, 2.75) is 207 Å². The maximum Gasteiger partial charge on any atom is 0.305 e. The van der Waals surface area contributed by atoms with Gasteiger partial charge in [0, 0.05) is 114 Å². The minimum absolute atomic E-state index is 0.0296. The number of carboxylic acid groups (broad SMARTS) is 1. The third kappa shape index (κ3) is 20.8. The summed E-state index contributed by atoms with van der Waals surface area (Å²) < 4.78 is 31.3. The number of carboxylic acids is 1. The number of nitrogens with one attached hydrogen (secondary N) is 12. The van der Waals surface area contributed by atoms with Crippen LogP contribution in [0.2, 0.25) is 0 Å². The van der Waals surface area contributed by atoms with Gasteiger partial charge in [-0.1, -0.05) is 49.3 Å². The van der Waals surface area contributed by atoms with Crippen molar-refractivity contribution in [2.24, 2.45) is 23.5 Å². The predicted octanol–water partition coefficient (Wildman–Crippen LogP) is 5.64. The van der Waals surface area contributed by atoms with Gasteiger partial charge < -0.3 is 78.5 Å². The monoisotopic (exact) mass is 1540 g/mol. The number of carbonyl (C=O) groups is 10. The van der Waals surface area contributed by atoms with Gasteiger partial charge in [-0.25, -0.2) is 18.7 Å². The summed E-state index contributed by atoms with van der Waals surface area (Å²) in [6.07, 6.45) is 16.5. The first-order valence-electron chi connectivity index (χ1n) is 38.1. The first-order valence-corrected chi connectivity index (χ1v) is 40.4. The number of amides is 9. The fourth-order valence-corrected chi connectivity index (χ4v) is 18.0. The Morgan fingerprint density at radius 3 is 2.19 bits per heavy atom. The van der Waals surface area contributed by atoms with Crippen molar-refractivity contribution in [3.63, 3.8) is 0 Å². The number of aliphatic carboxylic acids is 1. The molecule has 3 aliphatic heterocycles. The average Bonchev–Trinajstić information content (AvgIpc) is 1.62. The van der Waals surface area contributed by atoms with Crippen molar-refractivity contribution in [3.8, 4) is 0 Å². The zero-order valence-electron chi connectivity index (χ0n) is 61.7. The van der Waals surface area contributed by atoms with Gasteiger partial charge in [-0.15, -0.1) is 0 Å². The smallest absolute Gasteiger partial charge is 0.305 e. The number of hydrogen-bond acceptors (Lipinski definition) is 16. The summed E-state index contributed by atoms with van der Waals surface area (Å²) in [6.45, 7) is 4.19. The van der Waals surface area contributed by atoms with Crippen LogP contribution in [0.25, 0.3) is 21.9 Å². The van der Waals surface area contributed by atoms with Crippen LogP contribution in [0, 0.1) is 23.6 Å². The number of nitrogens with zero attached hydrogens (tertiary/aromatic N) is 3. The topological polar surface area (TPSA) is 402 Å². The standard InChI is InChI=1S/C78H102F2N16O11S2/c1-46-69(100)91-62(34-51-41-88-78(24-21-54(80)36-58(51)78)52-15-6-4-3-5-7-16-52)72(103)92-61(32-50-39-85-59-20-19-53(79)35-57(50)59)71(102)94-64(38-67(98)99)74(105)93-63(37-55-42-82-45-87-55)73(104)95-65(33-49-40-86-68-56(49)17-11-26-83-68)75(106)96-28-12-23-77(96,2)76(107)84-27-30-109-44-48-14-10-13-47(31-48)43-108-29-22-66(97)90-60(70(101)89-46)18-8-9-25-81/h6,10-11,13-15,17,19-20,26,31,35,39-40,42,45-46,51-52,54,58,60-65,85,88H,3-5,7-9,12,16,18,21-25,27-30,32-34,36-38,41,43-44,81H2,1-2H3,(H,82,87)(H,83,86)(H,84,107)(H,89,101)(H,90,97)(H,91,100)(H,92,103)(H,93,105)(H,94,102)(H,95,104)(H,98,99)/b15-6-/t46-,51?,52?,54?,58?,60+,61+,62+,63+,64+,65+,77+,78?/m1/s1. The van der Waals surface area contributed by atoms with Gasteiger partial charge >= 0.3 is 5.97 Å². The molecular formula is C78H102F2N16O11S2. The number of rotatable bonds is 15. The summed E-state index contributed by atoms with van der Waals surface area (Å²) in [5.41, 5.74) is 8.21. The summed E-state index contributed by atoms with van der Waals surface area (Å²) in [4.78, 5) is 167. The van der Waals surface area contributed by atoms with E-state index in [0.717, 1.165) is 43.2 Å². The molecule has 15 N–H and O–H groups in total. The molecule has 5 unspecified atom stereocenters. The Labute approximate surface area is 640 Å². The number of aromatic amines is 3. The number of benzene rings is 2. The van der Waals surface area contributed by atoms with Crippen LogP contribution in [-0.4, -0.2) is 191 Å². The molecule has 2 saturated heterocycles. The SMILES string of the molecule is C[C@H]1NC(=O)[C@H](CCCCN)NC(=O)CCSCc2cccc(c2)CSCCNC(=O)[C@]2(C)CCCN2C(=O)[C@H](Cc2c[nH]c3ncccc23)NC(=O)[C@H](Cc2cnc[nH]2)NC(=O)[C@H](CC(=O)O)NC(=O)[C@H](Cc2c[nH]c3ccc(F)cc23)NC(=O)[C@H](CC2CNC3(C4/C=C\CCCCC4)CCC(F)CC23)NC1=O. The number of fused-ring (bicyclic) bond motifs is 6. The Hall–Kier alpha value is -9.20. The Kier molecular flexibility index (Phi) is 28.1. The normalized spacial score (nSPS) is 28.7. The summed E-state index contributed by atoms with van der Waals surface area (Å²) in [6, 6.07) is 4.84. The molecule has 3 fully saturated rings. The van der Waals surface area contributed by atoms with Crippen molar-refractivity contribution in [1.29, 1.82) is 0 Å². The molecule has 5 aliphatic rings. The van der Waals surface area contributed by atoms with E-state index in [9.17, 15) is 29.1 Å². The Morgan fingerprint density at radius 1 is 0.716 bits per heavy atom. The van der Waals surface area contributed by atoms with E-state index in [1.165, 1.54) is 48.7 Å². The molecule has 27 nitrogen and oxygen atoms in total. The summed E-state index contributed by atoms with van der Waals surface area (Å²) in [5, 5.41) is 37.8. The van der Waals surface area contributed by atoms with Crippen LogP contribution in [0.5, 0.6) is 0 Å². The number of H-pyrrole nitrogens is 3. The highest BCUT2D eigenvalue weighted by Crippen LogP contribution is 2.51. The fraction of sp³-hybridized carbons (Fsp3) is 0.538. The first-order chi connectivity index (χ1) is 52.6. The van der Waals surface area contributed by atoms with Crippen molar-refractivity contribution < 1.29 is 61.8 Å². The zero-order chi connectivity index (χ0) is 77.2. The Morgan fingerprint density at radius 2 is 1.42 bits per heavy atom. The van der Waals surface area contributed by atoms with E-state index in [1.807, 2.05) is 18.2 Å². The third-order valence-electron chi connectivity index (χ3n) is 22.2. The van der Waals surface area contributed by atoms with Crippen molar-refractivity contribution in [1.82, 2.24) is 77.7 Å². The summed E-state index contributed by atoms with van der Waals surface area (Å²) >= 11 is 3.15. The quantitative estimate of drug-likeness (QED) is 0.0437. The minimum atomic E-state index is -1.99. The number of pyridine rings is 1. The van der Waals surface area contributed by atoms with Crippen molar-refractivity contribution in [2.75, 3.05) is 37.7 Å². The Bertz CT molecular complexity index is 4240. The van der Waals surface area contributed by atoms with Gasteiger partial charge in [0.15, 0.2) is 0 Å². The van der Waals surface area contributed by atoms with Crippen LogP contribution in [0.3, 0.4) is 0 Å². The van der Waals surface area contributed by atoms with E-state index in [2.05, 4.69) is 91.0 Å². The lowest BCUT2D eigenvalue weighted by Crippen LogP contribution is -2.62. The highest BCUT2D eigenvalue weighted by molar-refractivity contribution is 7.98.